The van der Waals surface area contributed by atoms with Crippen LogP contribution in [-0.4, -0.2) is 15.6 Å². The predicted octanol–water partition coefficient (Wildman–Crippen LogP) is 3.26. The molecule has 106 valence electrons. The molecule has 8 nitrogen and oxygen atoms in total. The number of non-ortho nitro benzene ring substituents is 1. The zero-order chi connectivity index (χ0) is 15.3. The second-order valence-corrected chi connectivity index (χ2v) is 4.30. The van der Waals surface area contributed by atoms with E-state index in [-0.39, 0.29) is 11.4 Å². The van der Waals surface area contributed by atoms with Crippen LogP contribution in [-0.2, 0) is 0 Å². The van der Waals surface area contributed by atoms with Gasteiger partial charge in [0, 0.05) is 6.07 Å². The summed E-state index contributed by atoms with van der Waals surface area (Å²) in [5, 5.41) is 25.5. The minimum absolute atomic E-state index is 0.0992. The smallest absolute Gasteiger partial charge is 0.271 e. The Kier molecular flexibility index (Phi) is 4.90. The number of allylic oxidation sites excluding steroid dienone is 2. The molecule has 0 fully saturated rings. The van der Waals surface area contributed by atoms with E-state index in [1.165, 1.54) is 12.1 Å². The van der Waals surface area contributed by atoms with E-state index in [2.05, 4.69) is 10.5 Å². The highest BCUT2D eigenvalue weighted by Crippen LogP contribution is 2.28. The molecule has 0 aliphatic carbocycles. The lowest BCUT2D eigenvalue weighted by atomic mass is 10.2. The van der Waals surface area contributed by atoms with E-state index in [0.29, 0.717) is 5.71 Å². The van der Waals surface area contributed by atoms with Crippen molar-refractivity contribution in [3.63, 3.8) is 0 Å². The topological polar surface area (TPSA) is 111 Å². The Hall–Kier alpha value is -2.77. The lowest BCUT2D eigenvalue weighted by Crippen LogP contribution is -2.00. The zero-order valence-corrected chi connectivity index (χ0v) is 11.3. The van der Waals surface area contributed by atoms with Gasteiger partial charge >= 0.3 is 5.69 Å². The summed E-state index contributed by atoms with van der Waals surface area (Å²) in [5.41, 5.74) is 3.58. The Balaban J connectivity index is 3.10. The molecule has 0 saturated carbocycles. The van der Waals surface area contributed by atoms with Crippen LogP contribution >= 0.6 is 0 Å². The highest BCUT2D eigenvalue weighted by molar-refractivity contribution is 5.93. The monoisotopic (exact) mass is 278 g/mol. The standard InChI is InChI=1S/C12H14N4O4/c1-8(2)6-9(3)13-14-11-5-4-10(15(17)18)7-12(11)16(19)20/h4-7,14H,1-3H3/b13-9+. The third-order valence-electron chi connectivity index (χ3n) is 2.24. The largest absolute Gasteiger partial charge is 0.301 e. The van der Waals surface area contributed by atoms with Crippen LogP contribution in [0.2, 0.25) is 0 Å². The minimum atomic E-state index is -0.693. The van der Waals surface area contributed by atoms with E-state index in [0.717, 1.165) is 11.6 Å². The van der Waals surface area contributed by atoms with Crippen molar-refractivity contribution >= 4 is 22.8 Å². The van der Waals surface area contributed by atoms with Crippen molar-refractivity contribution in [2.75, 3.05) is 5.43 Å². The number of nitro groups is 2. The lowest BCUT2D eigenvalue weighted by molar-refractivity contribution is -0.393. The third kappa shape index (κ3) is 4.16. The maximum absolute atomic E-state index is 10.9. The van der Waals surface area contributed by atoms with Gasteiger partial charge in [-0.3, -0.25) is 25.7 Å². The van der Waals surface area contributed by atoms with Gasteiger partial charge < -0.3 is 0 Å². The molecule has 0 amide bonds. The van der Waals surface area contributed by atoms with Crippen molar-refractivity contribution < 1.29 is 9.85 Å². The fraction of sp³-hybridized carbons (Fsp3) is 0.250. The second-order valence-electron chi connectivity index (χ2n) is 4.30. The molecule has 1 rings (SSSR count). The average molecular weight is 278 g/mol. The van der Waals surface area contributed by atoms with Crippen LogP contribution in [0.4, 0.5) is 17.1 Å². The van der Waals surface area contributed by atoms with E-state index in [1.54, 1.807) is 13.0 Å². The Morgan fingerprint density at radius 2 is 1.85 bits per heavy atom. The lowest BCUT2D eigenvalue weighted by Gasteiger charge is -2.03. The van der Waals surface area contributed by atoms with Crippen molar-refractivity contribution in [1.29, 1.82) is 0 Å². The van der Waals surface area contributed by atoms with Gasteiger partial charge in [-0.2, -0.15) is 5.10 Å². The maximum atomic E-state index is 10.9. The SMILES string of the molecule is CC(C)=C/C(C)=N/Nc1ccc([N+](=O)[O-])cc1[N+](=O)[O-]. The Bertz CT molecular complexity index is 603. The normalized spacial score (nSPS) is 10.8. The number of hydrazone groups is 1. The molecule has 8 heteroatoms. The number of anilines is 1. The molecule has 0 atom stereocenters. The molecule has 20 heavy (non-hydrogen) atoms. The van der Waals surface area contributed by atoms with E-state index in [9.17, 15) is 20.2 Å². The van der Waals surface area contributed by atoms with Gasteiger partial charge in [0.15, 0.2) is 0 Å². The molecule has 1 aromatic rings. The van der Waals surface area contributed by atoms with Gasteiger partial charge in [-0.1, -0.05) is 5.57 Å². The van der Waals surface area contributed by atoms with E-state index < -0.39 is 15.5 Å². The van der Waals surface area contributed by atoms with Crippen molar-refractivity contribution in [2.45, 2.75) is 20.8 Å². The maximum Gasteiger partial charge on any atom is 0.301 e. The molecule has 0 aromatic heterocycles. The fourth-order valence-electron chi connectivity index (χ4n) is 1.48. The van der Waals surface area contributed by atoms with Gasteiger partial charge in [0.05, 0.1) is 21.6 Å². The number of benzene rings is 1. The molecule has 0 unspecified atom stereocenters. The number of hydrogen-bond donors (Lipinski definition) is 1. The van der Waals surface area contributed by atoms with Gasteiger partial charge in [0.2, 0.25) is 0 Å². The predicted molar refractivity (Wildman–Crippen MR) is 75.9 cm³/mol. The highest BCUT2D eigenvalue weighted by Gasteiger charge is 2.19. The van der Waals surface area contributed by atoms with E-state index in [1.807, 2.05) is 13.8 Å². The molecule has 0 bridgehead atoms. The van der Waals surface area contributed by atoms with Gasteiger partial charge in [-0.25, -0.2) is 0 Å². The molecule has 0 spiro atoms. The summed E-state index contributed by atoms with van der Waals surface area (Å²) >= 11 is 0. The Morgan fingerprint density at radius 1 is 1.20 bits per heavy atom. The first-order chi connectivity index (χ1) is 9.31. The van der Waals surface area contributed by atoms with Gasteiger partial charge in [0.25, 0.3) is 5.69 Å². The van der Waals surface area contributed by atoms with Crippen LogP contribution in [0.3, 0.4) is 0 Å². The summed E-state index contributed by atoms with van der Waals surface area (Å²) in [6, 6.07) is 3.34. The van der Waals surface area contributed by atoms with Crippen molar-refractivity contribution in [3.05, 3.63) is 50.1 Å². The van der Waals surface area contributed by atoms with Crippen LogP contribution in [0.25, 0.3) is 0 Å². The van der Waals surface area contributed by atoms with Gasteiger partial charge in [-0.15, -0.1) is 0 Å². The third-order valence-corrected chi connectivity index (χ3v) is 2.24. The van der Waals surface area contributed by atoms with Crippen LogP contribution in [0.5, 0.6) is 0 Å². The highest BCUT2D eigenvalue weighted by atomic mass is 16.6. The first-order valence-corrected chi connectivity index (χ1v) is 5.69. The molecule has 0 saturated heterocycles. The Labute approximate surface area is 115 Å². The number of nitrogens with zero attached hydrogens (tertiary/aromatic N) is 3. The molecule has 0 heterocycles. The molecular formula is C12H14N4O4. The molecular weight excluding hydrogens is 264 g/mol. The molecule has 0 radical (unpaired) electrons. The number of nitrogens with one attached hydrogen (secondary N) is 1. The fourth-order valence-corrected chi connectivity index (χ4v) is 1.48. The van der Waals surface area contributed by atoms with Crippen LogP contribution in [0.15, 0.2) is 34.9 Å². The first kappa shape index (κ1) is 15.3. The van der Waals surface area contributed by atoms with Crippen molar-refractivity contribution in [1.82, 2.24) is 0 Å². The van der Waals surface area contributed by atoms with E-state index >= 15 is 0 Å². The van der Waals surface area contributed by atoms with Gasteiger partial charge in [0.1, 0.15) is 5.69 Å². The quantitative estimate of drug-likeness (QED) is 0.504. The second kappa shape index (κ2) is 6.41. The van der Waals surface area contributed by atoms with E-state index in [4.69, 9.17) is 0 Å². The van der Waals surface area contributed by atoms with Crippen molar-refractivity contribution in [3.8, 4) is 0 Å². The minimum Gasteiger partial charge on any atom is -0.271 e. The summed E-state index contributed by atoms with van der Waals surface area (Å²) in [5.74, 6) is 0. The summed E-state index contributed by atoms with van der Waals surface area (Å²) in [6.45, 7) is 5.53. The molecule has 1 N–H and O–H groups in total. The Morgan fingerprint density at radius 3 is 2.35 bits per heavy atom. The number of nitro benzene ring substituents is 2. The van der Waals surface area contributed by atoms with Crippen LogP contribution in [0.1, 0.15) is 20.8 Å². The zero-order valence-electron chi connectivity index (χ0n) is 11.3. The average Bonchev–Trinajstić information content (AvgIpc) is 2.35. The van der Waals surface area contributed by atoms with Crippen LogP contribution < -0.4 is 5.43 Å². The van der Waals surface area contributed by atoms with Crippen molar-refractivity contribution in [2.24, 2.45) is 5.10 Å². The van der Waals surface area contributed by atoms with Crippen LogP contribution in [0, 0.1) is 20.2 Å². The molecule has 0 aliphatic rings. The summed E-state index contributed by atoms with van der Waals surface area (Å²) < 4.78 is 0. The number of hydrogen-bond acceptors (Lipinski definition) is 6. The summed E-state index contributed by atoms with van der Waals surface area (Å²) in [4.78, 5) is 20.1. The summed E-state index contributed by atoms with van der Waals surface area (Å²) in [7, 11) is 0. The summed E-state index contributed by atoms with van der Waals surface area (Å²) in [6.07, 6.45) is 1.80. The molecule has 0 aliphatic heterocycles. The number of rotatable bonds is 5. The first-order valence-electron chi connectivity index (χ1n) is 5.69. The van der Waals surface area contributed by atoms with Gasteiger partial charge in [-0.05, 0) is 32.9 Å². The molecule has 1 aromatic carbocycles.